The van der Waals surface area contributed by atoms with Crippen molar-refractivity contribution in [1.29, 1.82) is 0 Å². The van der Waals surface area contributed by atoms with E-state index in [0.717, 1.165) is 35.6 Å². The SMILES string of the molecule is CCc1ccc(C(O)Cc2nc3ccccc3n2CC)o1. The second-order valence-corrected chi connectivity index (χ2v) is 5.14. The summed E-state index contributed by atoms with van der Waals surface area (Å²) in [6, 6.07) is 11.8. The summed E-state index contributed by atoms with van der Waals surface area (Å²) in [5.74, 6) is 2.40. The van der Waals surface area contributed by atoms with Crippen LogP contribution in [-0.2, 0) is 19.4 Å². The van der Waals surface area contributed by atoms with Crippen LogP contribution in [0.3, 0.4) is 0 Å². The van der Waals surface area contributed by atoms with Gasteiger partial charge in [-0.2, -0.15) is 0 Å². The second kappa shape index (κ2) is 5.74. The highest BCUT2D eigenvalue weighted by Gasteiger charge is 2.17. The molecule has 21 heavy (non-hydrogen) atoms. The molecule has 110 valence electrons. The predicted octanol–water partition coefficient (Wildman–Crippen LogP) is 3.49. The number of fused-ring (bicyclic) bond motifs is 1. The third-order valence-corrected chi connectivity index (χ3v) is 3.79. The average molecular weight is 284 g/mol. The van der Waals surface area contributed by atoms with Gasteiger partial charge in [0, 0.05) is 19.4 Å². The van der Waals surface area contributed by atoms with E-state index in [1.54, 1.807) is 0 Å². The van der Waals surface area contributed by atoms with Crippen molar-refractivity contribution in [2.45, 2.75) is 39.3 Å². The first kappa shape index (κ1) is 13.9. The van der Waals surface area contributed by atoms with Gasteiger partial charge in [-0.1, -0.05) is 19.1 Å². The zero-order valence-corrected chi connectivity index (χ0v) is 12.4. The van der Waals surface area contributed by atoms with E-state index in [9.17, 15) is 5.11 Å². The van der Waals surface area contributed by atoms with E-state index in [1.807, 2.05) is 37.3 Å². The number of para-hydroxylation sites is 2. The molecule has 0 fully saturated rings. The fourth-order valence-electron chi connectivity index (χ4n) is 2.67. The van der Waals surface area contributed by atoms with Gasteiger partial charge in [0.25, 0.3) is 0 Å². The van der Waals surface area contributed by atoms with Gasteiger partial charge in [0.15, 0.2) is 0 Å². The van der Waals surface area contributed by atoms with Gasteiger partial charge in [0.2, 0.25) is 0 Å². The van der Waals surface area contributed by atoms with E-state index in [-0.39, 0.29) is 0 Å². The standard InChI is InChI=1S/C17H20N2O2/c1-3-12-9-10-16(21-12)15(20)11-17-18-13-7-5-6-8-14(13)19(17)4-2/h5-10,15,20H,3-4,11H2,1-2H3. The molecule has 1 N–H and O–H groups in total. The van der Waals surface area contributed by atoms with Crippen LogP contribution in [0.2, 0.25) is 0 Å². The van der Waals surface area contributed by atoms with E-state index in [0.29, 0.717) is 12.2 Å². The third kappa shape index (κ3) is 2.59. The van der Waals surface area contributed by atoms with Crippen molar-refractivity contribution in [3.05, 3.63) is 53.7 Å². The molecular formula is C17H20N2O2. The van der Waals surface area contributed by atoms with Crippen LogP contribution < -0.4 is 0 Å². The molecule has 0 aliphatic carbocycles. The maximum absolute atomic E-state index is 10.4. The number of aliphatic hydroxyl groups excluding tert-OH is 1. The lowest BCUT2D eigenvalue weighted by Gasteiger charge is -2.09. The summed E-state index contributed by atoms with van der Waals surface area (Å²) in [6.45, 7) is 4.96. The largest absolute Gasteiger partial charge is 0.463 e. The van der Waals surface area contributed by atoms with Gasteiger partial charge in [0.1, 0.15) is 23.4 Å². The minimum Gasteiger partial charge on any atom is -0.463 e. The van der Waals surface area contributed by atoms with Crippen LogP contribution in [-0.4, -0.2) is 14.7 Å². The van der Waals surface area contributed by atoms with Crippen LogP contribution in [0.4, 0.5) is 0 Å². The van der Waals surface area contributed by atoms with Crippen LogP contribution in [0.25, 0.3) is 11.0 Å². The minimum atomic E-state index is -0.660. The monoisotopic (exact) mass is 284 g/mol. The lowest BCUT2D eigenvalue weighted by molar-refractivity contribution is 0.145. The summed E-state index contributed by atoms with van der Waals surface area (Å²) in [4.78, 5) is 4.64. The van der Waals surface area contributed by atoms with E-state index >= 15 is 0 Å². The van der Waals surface area contributed by atoms with Gasteiger partial charge in [-0.15, -0.1) is 0 Å². The van der Waals surface area contributed by atoms with Crippen LogP contribution in [0.1, 0.15) is 37.3 Å². The van der Waals surface area contributed by atoms with Crippen molar-refractivity contribution >= 4 is 11.0 Å². The van der Waals surface area contributed by atoms with Crippen LogP contribution in [0.15, 0.2) is 40.8 Å². The molecule has 1 aromatic carbocycles. The van der Waals surface area contributed by atoms with Gasteiger partial charge in [-0.25, -0.2) is 4.98 Å². The zero-order valence-electron chi connectivity index (χ0n) is 12.4. The predicted molar refractivity (Wildman–Crippen MR) is 82.2 cm³/mol. The molecule has 4 nitrogen and oxygen atoms in total. The van der Waals surface area contributed by atoms with E-state index < -0.39 is 6.10 Å². The molecule has 0 spiro atoms. The van der Waals surface area contributed by atoms with Crippen molar-refractivity contribution in [3.8, 4) is 0 Å². The van der Waals surface area contributed by atoms with E-state index in [1.165, 1.54) is 0 Å². The summed E-state index contributed by atoms with van der Waals surface area (Å²) in [5.41, 5.74) is 2.08. The molecule has 0 radical (unpaired) electrons. The minimum absolute atomic E-state index is 0.458. The van der Waals surface area contributed by atoms with Crippen molar-refractivity contribution in [3.63, 3.8) is 0 Å². The molecule has 0 bridgehead atoms. The normalized spacial score (nSPS) is 12.9. The number of rotatable bonds is 5. The molecule has 3 aromatic rings. The Morgan fingerprint density at radius 2 is 2.00 bits per heavy atom. The molecule has 0 saturated carbocycles. The number of hydrogen-bond acceptors (Lipinski definition) is 3. The summed E-state index contributed by atoms with van der Waals surface area (Å²) in [6.07, 6.45) is 0.631. The van der Waals surface area contributed by atoms with Crippen LogP contribution in [0, 0.1) is 0 Å². The number of furan rings is 1. The topological polar surface area (TPSA) is 51.2 Å². The van der Waals surface area contributed by atoms with E-state index in [2.05, 4.69) is 22.5 Å². The molecule has 2 aromatic heterocycles. The first-order valence-corrected chi connectivity index (χ1v) is 7.43. The van der Waals surface area contributed by atoms with Crippen LogP contribution in [0.5, 0.6) is 0 Å². The number of imidazole rings is 1. The number of benzene rings is 1. The number of aryl methyl sites for hydroxylation is 2. The second-order valence-electron chi connectivity index (χ2n) is 5.14. The average Bonchev–Trinajstić information content (AvgIpc) is 3.11. The Kier molecular flexibility index (Phi) is 3.80. The Morgan fingerprint density at radius 3 is 2.71 bits per heavy atom. The Morgan fingerprint density at radius 1 is 1.19 bits per heavy atom. The lowest BCUT2D eigenvalue weighted by Crippen LogP contribution is -2.08. The Bertz CT molecular complexity index is 742. The quantitative estimate of drug-likeness (QED) is 0.780. The van der Waals surface area contributed by atoms with Gasteiger partial charge in [0.05, 0.1) is 11.0 Å². The van der Waals surface area contributed by atoms with Crippen LogP contribution >= 0.6 is 0 Å². The molecule has 1 unspecified atom stereocenters. The molecule has 4 heteroatoms. The molecular weight excluding hydrogens is 264 g/mol. The van der Waals surface area contributed by atoms with Crippen molar-refractivity contribution in [2.24, 2.45) is 0 Å². The summed E-state index contributed by atoms with van der Waals surface area (Å²) in [7, 11) is 0. The Hall–Kier alpha value is -2.07. The summed E-state index contributed by atoms with van der Waals surface area (Å²) >= 11 is 0. The van der Waals surface area contributed by atoms with Crippen molar-refractivity contribution < 1.29 is 9.52 Å². The molecule has 0 aliphatic heterocycles. The van der Waals surface area contributed by atoms with Gasteiger partial charge >= 0.3 is 0 Å². The fourth-order valence-corrected chi connectivity index (χ4v) is 2.67. The first-order chi connectivity index (χ1) is 10.2. The molecule has 3 rings (SSSR count). The highest BCUT2D eigenvalue weighted by Crippen LogP contribution is 2.23. The summed E-state index contributed by atoms with van der Waals surface area (Å²) < 4.78 is 7.77. The van der Waals surface area contributed by atoms with E-state index in [4.69, 9.17) is 4.42 Å². The highest BCUT2D eigenvalue weighted by molar-refractivity contribution is 5.75. The number of aliphatic hydroxyl groups is 1. The smallest absolute Gasteiger partial charge is 0.133 e. The lowest BCUT2D eigenvalue weighted by atomic mass is 10.2. The molecule has 0 amide bonds. The molecule has 0 aliphatic rings. The van der Waals surface area contributed by atoms with Gasteiger partial charge in [-0.3, -0.25) is 0 Å². The maximum Gasteiger partial charge on any atom is 0.133 e. The molecule has 2 heterocycles. The highest BCUT2D eigenvalue weighted by atomic mass is 16.4. The number of nitrogens with zero attached hydrogens (tertiary/aromatic N) is 2. The Balaban J connectivity index is 1.90. The molecule has 0 saturated heterocycles. The first-order valence-electron chi connectivity index (χ1n) is 7.43. The Labute approximate surface area is 124 Å². The van der Waals surface area contributed by atoms with Crippen molar-refractivity contribution in [2.75, 3.05) is 0 Å². The summed E-state index contributed by atoms with van der Waals surface area (Å²) in [5, 5.41) is 10.4. The number of hydrogen-bond donors (Lipinski definition) is 1. The number of aromatic nitrogens is 2. The van der Waals surface area contributed by atoms with Crippen molar-refractivity contribution in [1.82, 2.24) is 9.55 Å². The van der Waals surface area contributed by atoms with Gasteiger partial charge < -0.3 is 14.1 Å². The zero-order chi connectivity index (χ0) is 14.8. The third-order valence-electron chi connectivity index (χ3n) is 3.79. The fraction of sp³-hybridized carbons (Fsp3) is 0.353. The van der Waals surface area contributed by atoms with Gasteiger partial charge in [-0.05, 0) is 31.2 Å². The molecule has 1 atom stereocenters. The maximum atomic E-state index is 10.4.